The van der Waals surface area contributed by atoms with E-state index in [1.165, 1.54) is 12.1 Å². The molecule has 3 nitrogen and oxygen atoms in total. The van der Waals surface area contributed by atoms with Gasteiger partial charge in [-0.1, -0.05) is 35.4 Å². The van der Waals surface area contributed by atoms with Gasteiger partial charge in [-0.05, 0) is 30.7 Å². The Kier molecular flexibility index (Phi) is 4.60. The molecule has 0 spiro atoms. The van der Waals surface area contributed by atoms with E-state index in [1.54, 1.807) is 13.2 Å². The van der Waals surface area contributed by atoms with Crippen LogP contribution in [0.4, 0.5) is 4.39 Å². The second kappa shape index (κ2) is 6.22. The number of aryl methyl sites for hydroxylation is 1. The maximum atomic E-state index is 13.6. The predicted octanol–water partition coefficient (Wildman–Crippen LogP) is 3.35. The minimum absolute atomic E-state index is 0.0840. The summed E-state index contributed by atoms with van der Waals surface area (Å²) < 4.78 is 19.0. The van der Waals surface area contributed by atoms with E-state index in [0.717, 1.165) is 11.1 Å². The van der Waals surface area contributed by atoms with Crippen LogP contribution < -0.4 is 16.0 Å². The van der Waals surface area contributed by atoms with E-state index in [2.05, 4.69) is 5.43 Å². The zero-order valence-electron chi connectivity index (χ0n) is 11.3. The molecule has 0 saturated heterocycles. The molecule has 0 aliphatic rings. The van der Waals surface area contributed by atoms with Crippen LogP contribution in [0.25, 0.3) is 0 Å². The number of hydrogen-bond acceptors (Lipinski definition) is 3. The molecule has 1 unspecified atom stereocenters. The lowest BCUT2D eigenvalue weighted by Crippen LogP contribution is -2.29. The van der Waals surface area contributed by atoms with Gasteiger partial charge in [0.2, 0.25) is 0 Å². The van der Waals surface area contributed by atoms with Crippen LogP contribution in [-0.4, -0.2) is 7.11 Å². The number of nitrogens with one attached hydrogen (secondary N) is 1. The SMILES string of the molecule is COc1ccc(C)cc1C(NN)c1ccc(Cl)c(F)c1. The van der Waals surface area contributed by atoms with E-state index in [4.69, 9.17) is 22.2 Å². The smallest absolute Gasteiger partial charge is 0.142 e. The average molecular weight is 295 g/mol. The zero-order valence-corrected chi connectivity index (χ0v) is 12.0. The van der Waals surface area contributed by atoms with Crippen molar-refractivity contribution in [1.82, 2.24) is 5.43 Å². The lowest BCUT2D eigenvalue weighted by molar-refractivity contribution is 0.404. The van der Waals surface area contributed by atoms with Gasteiger partial charge in [0.05, 0.1) is 18.2 Å². The van der Waals surface area contributed by atoms with Crippen molar-refractivity contribution >= 4 is 11.6 Å². The van der Waals surface area contributed by atoms with Crippen molar-refractivity contribution in [3.8, 4) is 5.75 Å². The maximum Gasteiger partial charge on any atom is 0.142 e. The normalized spacial score (nSPS) is 12.2. The first kappa shape index (κ1) is 14.8. The molecule has 106 valence electrons. The quantitative estimate of drug-likeness (QED) is 0.671. The Morgan fingerprint density at radius 1 is 1.25 bits per heavy atom. The zero-order chi connectivity index (χ0) is 14.7. The van der Waals surface area contributed by atoms with Gasteiger partial charge in [-0.2, -0.15) is 0 Å². The Labute approximate surface area is 122 Å². The fourth-order valence-corrected chi connectivity index (χ4v) is 2.25. The van der Waals surface area contributed by atoms with Crippen LogP contribution in [0.2, 0.25) is 5.02 Å². The second-order valence-electron chi connectivity index (χ2n) is 4.52. The minimum Gasteiger partial charge on any atom is -0.496 e. The van der Waals surface area contributed by atoms with Crippen LogP contribution in [0.15, 0.2) is 36.4 Å². The molecule has 3 N–H and O–H groups in total. The van der Waals surface area contributed by atoms with Gasteiger partial charge in [0.15, 0.2) is 0 Å². The van der Waals surface area contributed by atoms with Gasteiger partial charge in [0.25, 0.3) is 0 Å². The Morgan fingerprint density at radius 2 is 2.00 bits per heavy atom. The predicted molar refractivity (Wildman–Crippen MR) is 78.3 cm³/mol. The van der Waals surface area contributed by atoms with Crippen LogP contribution >= 0.6 is 11.6 Å². The highest BCUT2D eigenvalue weighted by atomic mass is 35.5. The number of ether oxygens (including phenoxy) is 1. The molecule has 0 aliphatic carbocycles. The molecular weight excluding hydrogens is 279 g/mol. The van der Waals surface area contributed by atoms with Gasteiger partial charge < -0.3 is 4.74 Å². The largest absolute Gasteiger partial charge is 0.496 e. The number of hydrazine groups is 1. The summed E-state index contributed by atoms with van der Waals surface area (Å²) in [6, 6.07) is 10.00. The van der Waals surface area contributed by atoms with E-state index < -0.39 is 5.82 Å². The van der Waals surface area contributed by atoms with E-state index in [0.29, 0.717) is 11.3 Å². The maximum absolute atomic E-state index is 13.6. The molecule has 0 fully saturated rings. The molecular formula is C15H16ClFN2O. The number of rotatable bonds is 4. The highest BCUT2D eigenvalue weighted by Crippen LogP contribution is 2.31. The van der Waals surface area contributed by atoms with Gasteiger partial charge >= 0.3 is 0 Å². The third-order valence-electron chi connectivity index (χ3n) is 3.14. The number of hydrogen-bond donors (Lipinski definition) is 2. The van der Waals surface area contributed by atoms with Crippen LogP contribution in [0, 0.1) is 12.7 Å². The van der Waals surface area contributed by atoms with Crippen molar-refractivity contribution in [1.29, 1.82) is 0 Å². The van der Waals surface area contributed by atoms with E-state index in [1.807, 2.05) is 25.1 Å². The van der Waals surface area contributed by atoms with E-state index >= 15 is 0 Å². The van der Waals surface area contributed by atoms with Crippen molar-refractivity contribution in [3.63, 3.8) is 0 Å². The fraction of sp³-hybridized carbons (Fsp3) is 0.200. The summed E-state index contributed by atoms with van der Waals surface area (Å²) in [5.41, 5.74) is 5.28. The highest BCUT2D eigenvalue weighted by Gasteiger charge is 2.18. The fourth-order valence-electron chi connectivity index (χ4n) is 2.14. The second-order valence-corrected chi connectivity index (χ2v) is 4.93. The molecule has 0 heterocycles. The summed E-state index contributed by atoms with van der Waals surface area (Å²) in [5, 5.41) is 0.0840. The molecule has 0 aliphatic heterocycles. The van der Waals surface area contributed by atoms with Crippen LogP contribution in [0.3, 0.4) is 0 Å². The highest BCUT2D eigenvalue weighted by molar-refractivity contribution is 6.30. The monoisotopic (exact) mass is 294 g/mol. The first-order valence-corrected chi connectivity index (χ1v) is 6.50. The molecule has 1 atom stereocenters. The Hall–Kier alpha value is -1.62. The molecule has 0 radical (unpaired) electrons. The number of benzene rings is 2. The standard InChI is InChI=1S/C15H16ClFN2O/c1-9-3-6-14(20-2)11(7-9)15(19-18)10-4-5-12(16)13(17)8-10/h3-8,15,19H,18H2,1-2H3. The summed E-state index contributed by atoms with van der Waals surface area (Å²) in [7, 11) is 1.59. The lowest BCUT2D eigenvalue weighted by atomic mass is 9.97. The first-order valence-electron chi connectivity index (χ1n) is 6.12. The Balaban J connectivity index is 2.51. The summed E-state index contributed by atoms with van der Waals surface area (Å²) in [4.78, 5) is 0. The van der Waals surface area contributed by atoms with Gasteiger partial charge in [0.1, 0.15) is 11.6 Å². The van der Waals surface area contributed by atoms with E-state index in [9.17, 15) is 4.39 Å². The van der Waals surface area contributed by atoms with Crippen molar-refractivity contribution in [2.24, 2.45) is 5.84 Å². The molecule has 0 amide bonds. The number of nitrogens with two attached hydrogens (primary N) is 1. The van der Waals surface area contributed by atoms with Crippen molar-refractivity contribution in [2.75, 3.05) is 7.11 Å². The van der Waals surface area contributed by atoms with Gasteiger partial charge in [-0.15, -0.1) is 0 Å². The third-order valence-corrected chi connectivity index (χ3v) is 3.45. The van der Waals surface area contributed by atoms with Crippen molar-refractivity contribution in [2.45, 2.75) is 13.0 Å². The minimum atomic E-state index is -0.476. The topological polar surface area (TPSA) is 47.3 Å². The number of methoxy groups -OCH3 is 1. The molecule has 5 heteroatoms. The van der Waals surface area contributed by atoms with Crippen LogP contribution in [-0.2, 0) is 0 Å². The molecule has 0 aromatic heterocycles. The summed E-state index contributed by atoms with van der Waals surface area (Å²) in [5.74, 6) is 5.85. The van der Waals surface area contributed by atoms with Gasteiger partial charge in [0, 0.05) is 5.56 Å². The van der Waals surface area contributed by atoms with Crippen molar-refractivity contribution < 1.29 is 9.13 Å². The molecule has 2 aromatic carbocycles. The molecule has 0 saturated carbocycles. The number of halogens is 2. The summed E-state index contributed by atoms with van der Waals surface area (Å²) in [6.07, 6.45) is 0. The van der Waals surface area contributed by atoms with Gasteiger partial charge in [-0.25, -0.2) is 9.82 Å². The van der Waals surface area contributed by atoms with Crippen LogP contribution in [0.5, 0.6) is 5.75 Å². The summed E-state index contributed by atoms with van der Waals surface area (Å²) >= 11 is 5.71. The molecule has 2 rings (SSSR count). The van der Waals surface area contributed by atoms with Crippen LogP contribution in [0.1, 0.15) is 22.7 Å². The third kappa shape index (κ3) is 2.93. The average Bonchev–Trinajstić information content (AvgIpc) is 2.44. The summed E-state index contributed by atoms with van der Waals surface area (Å²) in [6.45, 7) is 1.97. The lowest BCUT2D eigenvalue weighted by Gasteiger charge is -2.20. The Bertz CT molecular complexity index is 619. The van der Waals surface area contributed by atoms with Gasteiger partial charge in [-0.3, -0.25) is 5.84 Å². The Morgan fingerprint density at radius 3 is 2.60 bits per heavy atom. The van der Waals surface area contributed by atoms with Crippen molar-refractivity contribution in [3.05, 3.63) is 63.9 Å². The first-order chi connectivity index (χ1) is 9.56. The molecule has 2 aromatic rings. The van der Waals surface area contributed by atoms with E-state index in [-0.39, 0.29) is 11.1 Å². The molecule has 20 heavy (non-hydrogen) atoms. The molecule has 0 bridgehead atoms.